The summed E-state index contributed by atoms with van der Waals surface area (Å²) in [5.41, 5.74) is 0. The summed E-state index contributed by atoms with van der Waals surface area (Å²) < 4.78 is 5.37. The van der Waals surface area contributed by atoms with Gasteiger partial charge in [-0.15, -0.1) is 0 Å². The third-order valence-corrected chi connectivity index (χ3v) is 2.57. The van der Waals surface area contributed by atoms with E-state index in [1.54, 1.807) is 6.92 Å². The second-order valence-electron chi connectivity index (χ2n) is 4.06. The van der Waals surface area contributed by atoms with Gasteiger partial charge in [0.15, 0.2) is 0 Å². The van der Waals surface area contributed by atoms with E-state index in [-0.39, 0.29) is 0 Å². The third kappa shape index (κ3) is 6.13. The largest absolute Gasteiger partial charge is 0.353 e. The Morgan fingerprint density at radius 3 is 1.87 bits per heavy atom. The van der Waals surface area contributed by atoms with Gasteiger partial charge in [-0.2, -0.15) is 0 Å². The fourth-order valence-electron chi connectivity index (χ4n) is 1.59. The van der Waals surface area contributed by atoms with Crippen LogP contribution in [0.25, 0.3) is 0 Å². The van der Waals surface area contributed by atoms with E-state index in [2.05, 4.69) is 13.8 Å². The predicted molar refractivity (Wildman–Crippen MR) is 63.6 cm³/mol. The van der Waals surface area contributed by atoms with Crippen LogP contribution in [0.4, 0.5) is 0 Å². The molecule has 0 saturated heterocycles. The van der Waals surface area contributed by atoms with Crippen molar-refractivity contribution in [1.82, 2.24) is 4.90 Å². The molecule has 0 fully saturated rings. The van der Waals surface area contributed by atoms with E-state index in [0.29, 0.717) is 6.61 Å². The van der Waals surface area contributed by atoms with Gasteiger partial charge in [0.25, 0.3) is 0 Å². The normalized spacial score (nSPS) is 15.6. The first kappa shape index (κ1) is 14.9. The lowest BCUT2D eigenvalue weighted by atomic mass is 10.2. The highest BCUT2D eigenvalue weighted by Gasteiger charge is 2.28. The molecule has 0 aliphatic carbocycles. The fraction of sp³-hybridized carbons (Fsp3) is 1.00. The Hall–Kier alpha value is -0.120. The molecule has 0 heterocycles. The Morgan fingerprint density at radius 1 is 1.07 bits per heavy atom. The van der Waals surface area contributed by atoms with E-state index in [0.717, 1.165) is 38.8 Å². The molecule has 0 amide bonds. The Kier molecular flexibility index (Phi) is 8.02. The van der Waals surface area contributed by atoms with Crippen LogP contribution in [0.5, 0.6) is 0 Å². The lowest BCUT2D eigenvalue weighted by Gasteiger charge is -2.36. The van der Waals surface area contributed by atoms with Crippen molar-refractivity contribution in [2.24, 2.45) is 0 Å². The Balaban J connectivity index is 4.17. The SMILES string of the molecule is CCCCN(CCCC)C(C)(O)OCC. The van der Waals surface area contributed by atoms with Gasteiger partial charge in [-0.3, -0.25) is 4.90 Å². The molecule has 92 valence electrons. The molecule has 3 nitrogen and oxygen atoms in total. The van der Waals surface area contributed by atoms with Crippen molar-refractivity contribution >= 4 is 0 Å². The number of nitrogens with zero attached hydrogens (tertiary/aromatic N) is 1. The summed E-state index contributed by atoms with van der Waals surface area (Å²) in [5, 5.41) is 10.1. The zero-order valence-corrected chi connectivity index (χ0v) is 10.8. The van der Waals surface area contributed by atoms with Crippen LogP contribution in [0.1, 0.15) is 53.4 Å². The molecule has 0 rings (SSSR count). The van der Waals surface area contributed by atoms with Gasteiger partial charge < -0.3 is 9.84 Å². The topological polar surface area (TPSA) is 32.7 Å². The minimum Gasteiger partial charge on any atom is -0.353 e. The minimum absolute atomic E-state index is 0.543. The number of ether oxygens (including phenoxy) is 1. The fourth-order valence-corrected chi connectivity index (χ4v) is 1.59. The maximum atomic E-state index is 10.1. The van der Waals surface area contributed by atoms with Crippen molar-refractivity contribution in [3.8, 4) is 0 Å². The van der Waals surface area contributed by atoms with E-state index in [4.69, 9.17) is 4.74 Å². The second-order valence-corrected chi connectivity index (χ2v) is 4.06. The number of hydrogen-bond donors (Lipinski definition) is 1. The van der Waals surface area contributed by atoms with Crippen molar-refractivity contribution in [2.45, 2.75) is 59.3 Å². The van der Waals surface area contributed by atoms with Crippen LogP contribution < -0.4 is 0 Å². The number of rotatable bonds is 9. The molecule has 1 unspecified atom stereocenters. The minimum atomic E-state index is -1.10. The Labute approximate surface area is 94.4 Å². The molecule has 1 atom stereocenters. The quantitative estimate of drug-likeness (QED) is 0.603. The second kappa shape index (κ2) is 8.08. The molecule has 0 bridgehead atoms. The van der Waals surface area contributed by atoms with E-state index in [1.165, 1.54) is 0 Å². The Morgan fingerprint density at radius 2 is 1.53 bits per heavy atom. The van der Waals surface area contributed by atoms with Gasteiger partial charge in [-0.1, -0.05) is 26.7 Å². The molecular weight excluding hydrogens is 190 g/mol. The maximum absolute atomic E-state index is 10.1. The summed E-state index contributed by atoms with van der Waals surface area (Å²) in [5.74, 6) is -1.10. The molecule has 0 radical (unpaired) electrons. The number of aliphatic hydroxyl groups is 1. The van der Waals surface area contributed by atoms with Gasteiger partial charge in [-0.05, 0) is 19.8 Å². The average molecular weight is 217 g/mol. The van der Waals surface area contributed by atoms with Crippen LogP contribution in [-0.4, -0.2) is 35.6 Å². The zero-order chi connectivity index (χ0) is 11.7. The van der Waals surface area contributed by atoms with Crippen molar-refractivity contribution < 1.29 is 9.84 Å². The summed E-state index contributed by atoms with van der Waals surface area (Å²) >= 11 is 0. The van der Waals surface area contributed by atoms with E-state index >= 15 is 0 Å². The van der Waals surface area contributed by atoms with Crippen LogP contribution in [0, 0.1) is 0 Å². The highest BCUT2D eigenvalue weighted by atomic mass is 16.6. The highest BCUT2D eigenvalue weighted by Crippen LogP contribution is 2.15. The molecule has 0 saturated carbocycles. The molecule has 1 N–H and O–H groups in total. The van der Waals surface area contributed by atoms with E-state index < -0.39 is 5.91 Å². The van der Waals surface area contributed by atoms with Crippen LogP contribution in [0.3, 0.4) is 0 Å². The van der Waals surface area contributed by atoms with Crippen LogP contribution >= 0.6 is 0 Å². The smallest absolute Gasteiger partial charge is 0.224 e. The van der Waals surface area contributed by atoms with E-state index in [9.17, 15) is 5.11 Å². The summed E-state index contributed by atoms with van der Waals surface area (Å²) in [4.78, 5) is 2.03. The summed E-state index contributed by atoms with van der Waals surface area (Å²) in [6, 6.07) is 0. The molecule has 0 aliphatic heterocycles. The molecule has 0 aromatic heterocycles. The lowest BCUT2D eigenvalue weighted by Crippen LogP contribution is -2.49. The Bertz CT molecular complexity index is 141. The van der Waals surface area contributed by atoms with Crippen molar-refractivity contribution in [1.29, 1.82) is 0 Å². The average Bonchev–Trinajstić information content (AvgIpc) is 2.17. The standard InChI is InChI=1S/C12H27NO2/c1-5-8-10-13(11-9-6-2)12(4,14)15-7-3/h14H,5-11H2,1-4H3. The predicted octanol–water partition coefficient (Wildman–Crippen LogP) is 2.59. The summed E-state index contributed by atoms with van der Waals surface area (Å²) in [6.45, 7) is 10.3. The van der Waals surface area contributed by atoms with Gasteiger partial charge in [0, 0.05) is 26.6 Å². The first-order chi connectivity index (χ1) is 7.08. The molecule has 15 heavy (non-hydrogen) atoms. The summed E-state index contributed by atoms with van der Waals surface area (Å²) in [7, 11) is 0. The van der Waals surface area contributed by atoms with Gasteiger partial charge in [0.05, 0.1) is 0 Å². The van der Waals surface area contributed by atoms with E-state index in [1.807, 2.05) is 11.8 Å². The van der Waals surface area contributed by atoms with Crippen LogP contribution in [-0.2, 0) is 4.74 Å². The van der Waals surface area contributed by atoms with Gasteiger partial charge >= 0.3 is 0 Å². The first-order valence-corrected chi connectivity index (χ1v) is 6.19. The molecule has 0 aliphatic rings. The monoisotopic (exact) mass is 217 g/mol. The molecule has 0 spiro atoms. The van der Waals surface area contributed by atoms with Crippen molar-refractivity contribution in [3.05, 3.63) is 0 Å². The van der Waals surface area contributed by atoms with Crippen LogP contribution in [0.2, 0.25) is 0 Å². The van der Waals surface area contributed by atoms with Gasteiger partial charge in [0.2, 0.25) is 5.91 Å². The molecule has 0 aromatic rings. The highest BCUT2D eigenvalue weighted by molar-refractivity contribution is 4.65. The van der Waals surface area contributed by atoms with Gasteiger partial charge in [0.1, 0.15) is 0 Å². The van der Waals surface area contributed by atoms with Gasteiger partial charge in [-0.25, -0.2) is 0 Å². The lowest BCUT2D eigenvalue weighted by molar-refractivity contribution is -0.279. The molecular formula is C12H27NO2. The number of unbranched alkanes of at least 4 members (excludes halogenated alkanes) is 2. The zero-order valence-electron chi connectivity index (χ0n) is 10.8. The number of hydrogen-bond acceptors (Lipinski definition) is 3. The maximum Gasteiger partial charge on any atom is 0.224 e. The first-order valence-electron chi connectivity index (χ1n) is 6.19. The van der Waals surface area contributed by atoms with Crippen molar-refractivity contribution in [3.63, 3.8) is 0 Å². The molecule has 3 heteroatoms. The van der Waals surface area contributed by atoms with Crippen LogP contribution in [0.15, 0.2) is 0 Å². The van der Waals surface area contributed by atoms with Crippen molar-refractivity contribution in [2.75, 3.05) is 19.7 Å². The summed E-state index contributed by atoms with van der Waals surface area (Å²) in [6.07, 6.45) is 4.50. The molecule has 0 aromatic carbocycles. The third-order valence-electron chi connectivity index (χ3n) is 2.57.